The van der Waals surface area contributed by atoms with Gasteiger partial charge in [-0.2, -0.15) is 0 Å². The summed E-state index contributed by atoms with van der Waals surface area (Å²) in [5.74, 6) is 0. The molecule has 1 rings (SSSR count). The molecule has 2 radical (unpaired) electrons. The number of rotatable bonds is 6. The lowest BCUT2D eigenvalue weighted by Crippen LogP contribution is -2.03. The summed E-state index contributed by atoms with van der Waals surface area (Å²) in [6, 6.07) is 8.34. The summed E-state index contributed by atoms with van der Waals surface area (Å²) in [5, 5.41) is 9.92. The number of aliphatic hydroxyl groups is 1. The average Bonchev–Trinajstić information content (AvgIpc) is 2.25. The number of benzene rings is 1. The van der Waals surface area contributed by atoms with Crippen molar-refractivity contribution in [2.24, 2.45) is 0 Å². The van der Waals surface area contributed by atoms with Crippen LogP contribution in [0.4, 0.5) is 0 Å². The van der Waals surface area contributed by atoms with Gasteiger partial charge < -0.3 is 5.11 Å². The van der Waals surface area contributed by atoms with Gasteiger partial charge in [0.2, 0.25) is 0 Å². The maximum atomic E-state index is 8.65. The van der Waals surface area contributed by atoms with Crippen LogP contribution in [-0.2, 0) is 6.42 Å². The van der Waals surface area contributed by atoms with Gasteiger partial charge in [-0.1, -0.05) is 30.7 Å². The highest BCUT2D eigenvalue weighted by molar-refractivity contribution is 7.73. The van der Waals surface area contributed by atoms with E-state index in [0.717, 1.165) is 25.7 Å². The van der Waals surface area contributed by atoms with Crippen LogP contribution < -0.4 is 5.30 Å². The predicted molar refractivity (Wildman–Crippen MR) is 64.8 cm³/mol. The molecular weight excluding hydrogens is 190 g/mol. The van der Waals surface area contributed by atoms with Crippen LogP contribution in [-0.4, -0.2) is 19.3 Å². The first kappa shape index (κ1) is 11.7. The van der Waals surface area contributed by atoms with Crippen LogP contribution >= 0.6 is 8.46 Å². The molecule has 0 saturated carbocycles. The first-order valence-corrected chi connectivity index (χ1v) is 6.11. The average molecular weight is 206 g/mol. The van der Waals surface area contributed by atoms with Crippen molar-refractivity contribution in [2.45, 2.75) is 25.7 Å². The Balaban J connectivity index is 2.41. The maximum absolute atomic E-state index is 8.65. The van der Waals surface area contributed by atoms with Crippen molar-refractivity contribution in [3.63, 3.8) is 0 Å². The fourth-order valence-corrected chi connectivity index (χ4v) is 2.07. The van der Waals surface area contributed by atoms with E-state index in [2.05, 4.69) is 18.2 Å². The molecule has 74 valence electrons. The summed E-state index contributed by atoms with van der Waals surface area (Å²) in [4.78, 5) is 0. The third-order valence-electron chi connectivity index (χ3n) is 2.28. The van der Waals surface area contributed by atoms with E-state index in [1.165, 1.54) is 10.9 Å². The van der Waals surface area contributed by atoms with E-state index in [0.29, 0.717) is 15.1 Å². The standard InChI is InChI=1S/C11H16BOP/c12-14-11-8-4-3-7-10(11)6-2-1-5-9-13/h3-4,7-8,13-14H,1-2,5-6,9H2. The van der Waals surface area contributed by atoms with Gasteiger partial charge in [0.1, 0.15) is 7.57 Å². The van der Waals surface area contributed by atoms with E-state index >= 15 is 0 Å². The maximum Gasteiger partial charge on any atom is 0.110 e. The van der Waals surface area contributed by atoms with Gasteiger partial charge in [0, 0.05) is 6.61 Å². The van der Waals surface area contributed by atoms with Crippen LogP contribution in [0.2, 0.25) is 0 Å². The van der Waals surface area contributed by atoms with Crippen LogP contribution in [0, 0.1) is 0 Å². The molecule has 0 saturated heterocycles. The van der Waals surface area contributed by atoms with Gasteiger partial charge in [0.25, 0.3) is 0 Å². The van der Waals surface area contributed by atoms with E-state index in [9.17, 15) is 0 Å². The molecule has 0 amide bonds. The molecule has 0 fully saturated rings. The summed E-state index contributed by atoms with van der Waals surface area (Å²) in [6.45, 7) is 0.306. The third kappa shape index (κ3) is 3.81. The molecule has 1 unspecified atom stereocenters. The number of aryl methyl sites for hydroxylation is 1. The molecule has 0 bridgehead atoms. The summed E-state index contributed by atoms with van der Waals surface area (Å²) in [5.41, 5.74) is 1.37. The Hall–Kier alpha value is -0.325. The molecule has 1 aromatic rings. The van der Waals surface area contributed by atoms with E-state index in [1.807, 2.05) is 6.07 Å². The van der Waals surface area contributed by atoms with E-state index < -0.39 is 0 Å². The summed E-state index contributed by atoms with van der Waals surface area (Å²) < 4.78 is 0. The summed E-state index contributed by atoms with van der Waals surface area (Å²) >= 11 is 0. The highest BCUT2D eigenvalue weighted by Gasteiger charge is 1.98. The van der Waals surface area contributed by atoms with Crippen molar-refractivity contribution < 1.29 is 5.11 Å². The second kappa shape index (κ2) is 7.03. The van der Waals surface area contributed by atoms with Crippen molar-refractivity contribution in [3.05, 3.63) is 29.8 Å². The number of hydrogen-bond donors (Lipinski definition) is 1. The lowest BCUT2D eigenvalue weighted by atomic mass is 10.1. The Morgan fingerprint density at radius 3 is 2.64 bits per heavy atom. The second-order valence-electron chi connectivity index (χ2n) is 3.34. The Kier molecular flexibility index (Phi) is 5.90. The van der Waals surface area contributed by atoms with Crippen LogP contribution in [0.25, 0.3) is 0 Å². The Labute approximate surface area is 89.1 Å². The predicted octanol–water partition coefficient (Wildman–Crippen LogP) is 1.78. The van der Waals surface area contributed by atoms with Crippen LogP contribution in [0.5, 0.6) is 0 Å². The summed E-state index contributed by atoms with van der Waals surface area (Å²) in [6.07, 6.45) is 4.23. The third-order valence-corrected chi connectivity index (χ3v) is 3.08. The monoisotopic (exact) mass is 206 g/mol. The van der Waals surface area contributed by atoms with Crippen molar-refractivity contribution in [1.29, 1.82) is 0 Å². The Bertz CT molecular complexity index is 265. The molecule has 0 spiro atoms. The zero-order valence-corrected chi connectivity index (χ0v) is 9.37. The molecule has 1 atom stereocenters. The fraction of sp³-hybridized carbons (Fsp3) is 0.455. The molecule has 0 aliphatic carbocycles. The normalized spacial score (nSPS) is 11.2. The Morgan fingerprint density at radius 1 is 1.14 bits per heavy atom. The highest BCUT2D eigenvalue weighted by atomic mass is 31.1. The molecule has 0 heterocycles. The number of aliphatic hydroxyl groups excluding tert-OH is 1. The number of hydrogen-bond acceptors (Lipinski definition) is 1. The first-order chi connectivity index (χ1) is 6.88. The van der Waals surface area contributed by atoms with Crippen LogP contribution in [0.3, 0.4) is 0 Å². The molecule has 1 nitrogen and oxygen atoms in total. The lowest BCUT2D eigenvalue weighted by molar-refractivity contribution is 0.283. The summed E-state index contributed by atoms with van der Waals surface area (Å²) in [7, 11) is 6.06. The minimum absolute atomic E-state index is 0.306. The van der Waals surface area contributed by atoms with Gasteiger partial charge in [0.05, 0.1) is 0 Å². The first-order valence-electron chi connectivity index (χ1n) is 5.04. The zero-order valence-electron chi connectivity index (χ0n) is 8.37. The van der Waals surface area contributed by atoms with Crippen LogP contribution in [0.1, 0.15) is 24.8 Å². The SMILES string of the molecule is [B]Pc1ccccc1CCCCCO. The van der Waals surface area contributed by atoms with Crippen molar-refractivity contribution in [3.8, 4) is 0 Å². The van der Waals surface area contributed by atoms with Gasteiger partial charge in [-0.3, -0.25) is 0 Å². The zero-order chi connectivity index (χ0) is 10.2. The highest BCUT2D eigenvalue weighted by Crippen LogP contribution is 2.11. The quantitative estimate of drug-likeness (QED) is 0.427. The van der Waals surface area contributed by atoms with Gasteiger partial charge in [-0.05, 0) is 30.1 Å². The van der Waals surface area contributed by atoms with E-state index in [-0.39, 0.29) is 0 Å². The molecule has 1 aromatic carbocycles. The molecule has 1 N–H and O–H groups in total. The minimum atomic E-state index is 0.306. The molecule has 0 aliphatic rings. The van der Waals surface area contributed by atoms with Crippen molar-refractivity contribution in [2.75, 3.05) is 6.61 Å². The smallest absolute Gasteiger partial charge is 0.110 e. The van der Waals surface area contributed by atoms with Gasteiger partial charge in [-0.15, -0.1) is 8.46 Å². The molecule has 0 aromatic heterocycles. The number of unbranched alkanes of at least 4 members (excludes halogenated alkanes) is 2. The van der Waals surface area contributed by atoms with Crippen molar-refractivity contribution >= 4 is 21.3 Å². The topological polar surface area (TPSA) is 20.2 Å². The van der Waals surface area contributed by atoms with E-state index in [1.54, 1.807) is 0 Å². The molecular formula is C11H16BOP. The fourth-order valence-electron chi connectivity index (χ4n) is 1.48. The Morgan fingerprint density at radius 2 is 1.93 bits per heavy atom. The van der Waals surface area contributed by atoms with Crippen molar-refractivity contribution in [1.82, 2.24) is 0 Å². The van der Waals surface area contributed by atoms with Gasteiger partial charge >= 0.3 is 0 Å². The van der Waals surface area contributed by atoms with E-state index in [4.69, 9.17) is 12.7 Å². The van der Waals surface area contributed by atoms with Gasteiger partial charge in [-0.25, -0.2) is 0 Å². The minimum Gasteiger partial charge on any atom is -0.396 e. The lowest BCUT2D eigenvalue weighted by Gasteiger charge is -2.06. The van der Waals surface area contributed by atoms with Crippen LogP contribution in [0.15, 0.2) is 24.3 Å². The van der Waals surface area contributed by atoms with Gasteiger partial charge in [0.15, 0.2) is 0 Å². The second-order valence-corrected chi connectivity index (χ2v) is 4.16. The molecule has 3 heteroatoms. The largest absolute Gasteiger partial charge is 0.396 e. The molecule has 14 heavy (non-hydrogen) atoms. The molecule has 0 aliphatic heterocycles.